The quantitative estimate of drug-likeness (QED) is 0.741. The monoisotopic (exact) mass is 239 g/mol. The molecule has 1 N–H and O–H groups in total. The third-order valence-corrected chi connectivity index (χ3v) is 3.47. The van der Waals surface area contributed by atoms with Crippen LogP contribution in [0, 0.1) is 17.9 Å². The molecular formula is C13H13N5. The molecule has 3 rings (SSSR count). The Labute approximate surface area is 106 Å². The number of hydrogen-bond donors (Lipinski definition) is 1. The number of hydrazine groups is 2. The van der Waals surface area contributed by atoms with E-state index in [0.717, 1.165) is 19.6 Å². The van der Waals surface area contributed by atoms with E-state index in [9.17, 15) is 0 Å². The number of nitrogens with zero attached hydrogens (tertiary/aromatic N) is 4. The Hall–Kier alpha value is -1.92. The van der Waals surface area contributed by atoms with Gasteiger partial charge in [0.1, 0.15) is 6.54 Å². The summed E-state index contributed by atoms with van der Waals surface area (Å²) in [5, 5.41) is 13.0. The van der Waals surface area contributed by atoms with Gasteiger partial charge in [-0.25, -0.2) is 17.0 Å². The molecule has 0 aromatic heterocycles. The summed E-state index contributed by atoms with van der Waals surface area (Å²) in [5.74, 6) is 0. The highest BCUT2D eigenvalue weighted by atomic mass is 15.9. The summed E-state index contributed by atoms with van der Waals surface area (Å²) in [5.41, 5.74) is 5.27. The zero-order valence-corrected chi connectivity index (χ0v) is 9.87. The summed E-state index contributed by atoms with van der Waals surface area (Å²) in [6, 6.07) is 10.1. The van der Waals surface area contributed by atoms with Gasteiger partial charge in [-0.3, -0.25) is 0 Å². The Kier molecular flexibility index (Phi) is 2.73. The number of hydrogen-bond acceptors (Lipinski definition) is 4. The van der Waals surface area contributed by atoms with Crippen molar-refractivity contribution in [1.29, 1.82) is 5.26 Å². The Morgan fingerprint density at radius 3 is 2.67 bits per heavy atom. The minimum atomic E-state index is 0.0828. The Balaban J connectivity index is 1.70. The van der Waals surface area contributed by atoms with Crippen LogP contribution >= 0.6 is 0 Å². The van der Waals surface area contributed by atoms with Crippen LogP contribution in [0.4, 0.5) is 0 Å². The van der Waals surface area contributed by atoms with Crippen LogP contribution in [0.3, 0.4) is 0 Å². The van der Waals surface area contributed by atoms with Crippen molar-refractivity contribution >= 4 is 0 Å². The van der Waals surface area contributed by atoms with Gasteiger partial charge in [0.25, 0.3) is 6.04 Å². The second-order valence-electron chi connectivity index (χ2n) is 4.65. The van der Waals surface area contributed by atoms with Crippen LogP contribution in [0.25, 0.3) is 4.85 Å². The van der Waals surface area contributed by atoms with Crippen molar-refractivity contribution in [3.8, 4) is 6.07 Å². The summed E-state index contributed by atoms with van der Waals surface area (Å²) >= 11 is 0. The van der Waals surface area contributed by atoms with Crippen LogP contribution in [-0.2, 0) is 0 Å². The fraction of sp³-hybridized carbons (Fsp3) is 0.385. The molecule has 2 saturated heterocycles. The lowest BCUT2D eigenvalue weighted by Gasteiger charge is -2.14. The number of fused-ring (bicyclic) bond motifs is 1. The standard InChI is InChI=1S/C13H13N5/c1-15-12-7-17-9-13(16-18(17)8-12)11-4-2-10(6-14)3-5-11/h2-5,12-13,16H,7-9H2. The van der Waals surface area contributed by atoms with Crippen molar-refractivity contribution in [3.05, 3.63) is 46.8 Å². The van der Waals surface area contributed by atoms with E-state index in [1.54, 1.807) is 0 Å². The van der Waals surface area contributed by atoms with E-state index in [1.165, 1.54) is 5.56 Å². The lowest BCUT2D eigenvalue weighted by molar-refractivity contribution is 0.0439. The first-order valence-electron chi connectivity index (χ1n) is 5.95. The van der Waals surface area contributed by atoms with Crippen molar-refractivity contribution in [1.82, 2.24) is 15.6 Å². The number of nitriles is 1. The summed E-state index contributed by atoms with van der Waals surface area (Å²) in [6.45, 7) is 9.51. The minimum absolute atomic E-state index is 0.0828. The zero-order chi connectivity index (χ0) is 12.5. The molecular weight excluding hydrogens is 226 g/mol. The van der Waals surface area contributed by atoms with Crippen molar-refractivity contribution < 1.29 is 0 Å². The molecule has 2 unspecified atom stereocenters. The average molecular weight is 239 g/mol. The lowest BCUT2D eigenvalue weighted by Crippen LogP contribution is -2.36. The molecule has 0 bridgehead atoms. The molecule has 2 aliphatic heterocycles. The zero-order valence-electron chi connectivity index (χ0n) is 9.87. The van der Waals surface area contributed by atoms with Gasteiger partial charge in [-0.2, -0.15) is 10.4 Å². The Morgan fingerprint density at radius 1 is 1.28 bits per heavy atom. The van der Waals surface area contributed by atoms with Crippen molar-refractivity contribution in [3.63, 3.8) is 0 Å². The van der Waals surface area contributed by atoms with Gasteiger partial charge in [-0.15, -0.1) is 0 Å². The first-order valence-corrected chi connectivity index (χ1v) is 5.95. The van der Waals surface area contributed by atoms with Gasteiger partial charge in [0.15, 0.2) is 0 Å². The van der Waals surface area contributed by atoms with Gasteiger partial charge in [0, 0.05) is 6.54 Å². The Bertz CT molecular complexity index is 510. The second kappa shape index (κ2) is 4.40. The number of benzene rings is 1. The van der Waals surface area contributed by atoms with Gasteiger partial charge in [-0.05, 0) is 17.7 Å². The minimum Gasteiger partial charge on any atom is -0.311 e. The van der Waals surface area contributed by atoms with Gasteiger partial charge >= 0.3 is 0 Å². The van der Waals surface area contributed by atoms with Gasteiger partial charge in [0.05, 0.1) is 24.2 Å². The molecule has 5 nitrogen and oxygen atoms in total. The summed E-state index contributed by atoms with van der Waals surface area (Å²) < 4.78 is 0. The molecule has 2 aliphatic rings. The van der Waals surface area contributed by atoms with Crippen molar-refractivity contribution in [2.24, 2.45) is 0 Å². The largest absolute Gasteiger partial charge is 0.311 e. The maximum absolute atomic E-state index is 8.77. The molecule has 5 heteroatoms. The predicted octanol–water partition coefficient (Wildman–Crippen LogP) is 0.938. The van der Waals surface area contributed by atoms with E-state index in [1.807, 2.05) is 29.4 Å². The molecule has 2 heterocycles. The van der Waals surface area contributed by atoms with Crippen molar-refractivity contribution in [2.75, 3.05) is 19.6 Å². The molecule has 0 radical (unpaired) electrons. The highest BCUT2D eigenvalue weighted by Gasteiger charge is 2.41. The van der Waals surface area contributed by atoms with Crippen LogP contribution < -0.4 is 5.43 Å². The topological polar surface area (TPSA) is 46.7 Å². The van der Waals surface area contributed by atoms with E-state index in [-0.39, 0.29) is 12.1 Å². The second-order valence-corrected chi connectivity index (χ2v) is 4.65. The van der Waals surface area contributed by atoms with Crippen molar-refractivity contribution in [2.45, 2.75) is 12.1 Å². The molecule has 1 aromatic rings. The molecule has 0 aliphatic carbocycles. The highest BCUT2D eigenvalue weighted by Crippen LogP contribution is 2.26. The fourth-order valence-corrected chi connectivity index (χ4v) is 2.51. The van der Waals surface area contributed by atoms with E-state index < -0.39 is 0 Å². The lowest BCUT2D eigenvalue weighted by atomic mass is 10.1. The highest BCUT2D eigenvalue weighted by molar-refractivity contribution is 5.33. The maximum atomic E-state index is 8.77. The summed E-state index contributed by atoms with van der Waals surface area (Å²) in [7, 11) is 0. The average Bonchev–Trinajstić information content (AvgIpc) is 2.96. The third kappa shape index (κ3) is 1.85. The fourth-order valence-electron chi connectivity index (χ4n) is 2.51. The van der Waals surface area contributed by atoms with E-state index in [4.69, 9.17) is 11.8 Å². The van der Waals surface area contributed by atoms with E-state index in [0.29, 0.717) is 5.56 Å². The van der Waals surface area contributed by atoms with Crippen LogP contribution in [0.2, 0.25) is 0 Å². The molecule has 18 heavy (non-hydrogen) atoms. The molecule has 2 fully saturated rings. The molecule has 0 spiro atoms. The first kappa shape index (κ1) is 11.2. The maximum Gasteiger partial charge on any atom is 0.252 e. The van der Waals surface area contributed by atoms with E-state index >= 15 is 0 Å². The molecule has 90 valence electrons. The number of nitrogens with one attached hydrogen (secondary N) is 1. The molecule has 0 saturated carbocycles. The predicted molar refractivity (Wildman–Crippen MR) is 65.7 cm³/mol. The van der Waals surface area contributed by atoms with Crippen LogP contribution in [-0.4, -0.2) is 35.8 Å². The van der Waals surface area contributed by atoms with Crippen LogP contribution in [0.1, 0.15) is 17.2 Å². The number of rotatable bonds is 1. The SMILES string of the molecule is [C-]#[N+]C1CN2CC(c3ccc(C#N)cc3)NN2C1. The molecule has 0 amide bonds. The summed E-state index contributed by atoms with van der Waals surface area (Å²) in [4.78, 5) is 3.58. The smallest absolute Gasteiger partial charge is 0.252 e. The van der Waals surface area contributed by atoms with Crippen LogP contribution in [0.5, 0.6) is 0 Å². The van der Waals surface area contributed by atoms with Gasteiger partial charge in [-0.1, -0.05) is 12.1 Å². The molecule has 2 atom stereocenters. The summed E-state index contributed by atoms with van der Waals surface area (Å²) in [6.07, 6.45) is 0. The van der Waals surface area contributed by atoms with E-state index in [2.05, 4.69) is 21.3 Å². The third-order valence-electron chi connectivity index (χ3n) is 3.47. The first-order chi connectivity index (χ1) is 8.80. The normalized spacial score (nSPS) is 27.7. The van der Waals surface area contributed by atoms with Gasteiger partial charge in [0.2, 0.25) is 0 Å². The van der Waals surface area contributed by atoms with Gasteiger partial charge < -0.3 is 4.85 Å². The Morgan fingerprint density at radius 2 is 2.06 bits per heavy atom. The molecule has 1 aromatic carbocycles. The van der Waals surface area contributed by atoms with Crippen LogP contribution in [0.15, 0.2) is 24.3 Å².